The lowest BCUT2D eigenvalue weighted by molar-refractivity contribution is -0.139. The lowest BCUT2D eigenvalue weighted by Gasteiger charge is -2.32. The predicted molar refractivity (Wildman–Crippen MR) is 151 cm³/mol. The molecule has 0 aromatic heterocycles. The third kappa shape index (κ3) is 7.86. The van der Waals surface area contributed by atoms with Crippen LogP contribution in [-0.4, -0.2) is 34.6 Å². The van der Waals surface area contributed by atoms with Crippen LogP contribution in [0.2, 0.25) is 5.02 Å². The van der Waals surface area contributed by atoms with Crippen molar-refractivity contribution in [1.82, 2.24) is 10.2 Å². The SMILES string of the molecule is O=C(NC1CCCC1)[C@@H](Cc1ccccc1)N(Cc1ccc(Br)cc1)C(=O)CSc1ccc(Cl)cc1. The maximum atomic E-state index is 13.7. The molecule has 0 aliphatic heterocycles. The second-order valence-corrected chi connectivity index (χ2v) is 11.5. The molecular formula is C29H30BrClN2O2S. The van der Waals surface area contributed by atoms with E-state index in [4.69, 9.17) is 11.6 Å². The molecule has 2 amide bonds. The number of benzene rings is 3. The summed E-state index contributed by atoms with van der Waals surface area (Å²) in [6.45, 7) is 0.364. The fraction of sp³-hybridized carbons (Fsp3) is 0.310. The number of hydrogen-bond donors (Lipinski definition) is 1. The smallest absolute Gasteiger partial charge is 0.243 e. The Morgan fingerprint density at radius 2 is 1.61 bits per heavy atom. The maximum absolute atomic E-state index is 13.7. The lowest BCUT2D eigenvalue weighted by atomic mass is 10.0. The van der Waals surface area contributed by atoms with Crippen LogP contribution in [0, 0.1) is 0 Å². The fourth-order valence-electron chi connectivity index (χ4n) is 4.47. The molecule has 0 unspecified atom stereocenters. The van der Waals surface area contributed by atoms with Crippen LogP contribution in [-0.2, 0) is 22.6 Å². The van der Waals surface area contributed by atoms with Crippen molar-refractivity contribution in [2.24, 2.45) is 0 Å². The van der Waals surface area contributed by atoms with E-state index < -0.39 is 6.04 Å². The zero-order valence-electron chi connectivity index (χ0n) is 20.0. The van der Waals surface area contributed by atoms with E-state index in [2.05, 4.69) is 21.2 Å². The number of rotatable bonds is 10. The normalized spacial score (nSPS) is 14.4. The van der Waals surface area contributed by atoms with Crippen molar-refractivity contribution in [2.75, 3.05) is 5.75 Å². The van der Waals surface area contributed by atoms with Crippen LogP contribution in [0.15, 0.2) is 88.2 Å². The fourth-order valence-corrected chi connectivity index (χ4v) is 5.64. The molecule has 4 nitrogen and oxygen atoms in total. The molecule has 0 bridgehead atoms. The molecular weight excluding hydrogens is 556 g/mol. The number of nitrogens with zero attached hydrogens (tertiary/aromatic N) is 1. The van der Waals surface area contributed by atoms with Crippen molar-refractivity contribution < 1.29 is 9.59 Å². The summed E-state index contributed by atoms with van der Waals surface area (Å²) in [5.41, 5.74) is 2.01. The van der Waals surface area contributed by atoms with E-state index in [0.29, 0.717) is 18.0 Å². The van der Waals surface area contributed by atoms with Gasteiger partial charge in [0.1, 0.15) is 6.04 Å². The van der Waals surface area contributed by atoms with E-state index in [1.807, 2.05) is 78.9 Å². The van der Waals surface area contributed by atoms with Gasteiger partial charge in [0.2, 0.25) is 11.8 Å². The second kappa shape index (κ2) is 13.3. The van der Waals surface area contributed by atoms with Crippen LogP contribution in [0.5, 0.6) is 0 Å². The Labute approximate surface area is 230 Å². The van der Waals surface area contributed by atoms with E-state index in [9.17, 15) is 9.59 Å². The third-order valence-electron chi connectivity index (χ3n) is 6.41. The van der Waals surface area contributed by atoms with Gasteiger partial charge in [-0.05, 0) is 60.4 Å². The summed E-state index contributed by atoms with van der Waals surface area (Å²) >= 11 is 11.0. The van der Waals surface area contributed by atoms with Crippen molar-refractivity contribution in [3.05, 3.63) is 99.5 Å². The summed E-state index contributed by atoms with van der Waals surface area (Å²) in [6.07, 6.45) is 4.72. The Morgan fingerprint density at radius 3 is 2.28 bits per heavy atom. The van der Waals surface area contributed by atoms with Crippen molar-refractivity contribution in [1.29, 1.82) is 0 Å². The molecule has 1 aliphatic carbocycles. The molecule has 1 fully saturated rings. The highest BCUT2D eigenvalue weighted by Gasteiger charge is 2.32. The van der Waals surface area contributed by atoms with Crippen LogP contribution in [0.1, 0.15) is 36.8 Å². The summed E-state index contributed by atoms with van der Waals surface area (Å²) in [4.78, 5) is 30.1. The quantitative estimate of drug-likeness (QED) is 0.264. The Hall–Kier alpha value is -2.28. The molecule has 7 heteroatoms. The molecule has 3 aromatic rings. The van der Waals surface area contributed by atoms with E-state index >= 15 is 0 Å². The van der Waals surface area contributed by atoms with Gasteiger partial charge in [-0.3, -0.25) is 9.59 Å². The van der Waals surface area contributed by atoms with Gasteiger partial charge in [0.05, 0.1) is 5.75 Å². The Bertz CT molecular complexity index is 1140. The summed E-state index contributed by atoms with van der Waals surface area (Å²) in [5.74, 6) is 0.0910. The third-order valence-corrected chi connectivity index (χ3v) is 8.19. The van der Waals surface area contributed by atoms with Gasteiger partial charge < -0.3 is 10.2 Å². The first kappa shape index (κ1) is 26.8. The maximum Gasteiger partial charge on any atom is 0.243 e. The molecule has 188 valence electrons. The molecule has 0 radical (unpaired) electrons. The molecule has 1 atom stereocenters. The van der Waals surface area contributed by atoms with Crippen molar-refractivity contribution >= 4 is 51.1 Å². The van der Waals surface area contributed by atoms with Crippen molar-refractivity contribution in [3.63, 3.8) is 0 Å². The van der Waals surface area contributed by atoms with Gasteiger partial charge >= 0.3 is 0 Å². The standard InChI is InChI=1S/C29H30BrClN2O2S/c30-23-12-10-22(11-13-23)19-33(28(34)20-36-26-16-14-24(31)15-17-26)27(18-21-6-2-1-3-7-21)29(35)32-25-8-4-5-9-25/h1-3,6-7,10-17,25,27H,4-5,8-9,18-20H2,(H,32,35)/t27-/m1/s1. The largest absolute Gasteiger partial charge is 0.352 e. The highest BCUT2D eigenvalue weighted by atomic mass is 79.9. The highest BCUT2D eigenvalue weighted by molar-refractivity contribution is 9.10. The first-order valence-corrected chi connectivity index (χ1v) is 14.4. The van der Waals surface area contributed by atoms with Gasteiger partial charge in [-0.25, -0.2) is 0 Å². The number of hydrogen-bond acceptors (Lipinski definition) is 3. The van der Waals surface area contributed by atoms with Gasteiger partial charge in [-0.1, -0.05) is 82.8 Å². The monoisotopic (exact) mass is 584 g/mol. The van der Waals surface area contributed by atoms with Gasteiger partial charge in [0.25, 0.3) is 0 Å². The first-order valence-electron chi connectivity index (χ1n) is 12.2. The number of amides is 2. The average molecular weight is 586 g/mol. The molecule has 1 saturated carbocycles. The molecule has 0 heterocycles. The topological polar surface area (TPSA) is 49.4 Å². The van der Waals surface area contributed by atoms with E-state index in [-0.39, 0.29) is 23.6 Å². The number of nitrogens with one attached hydrogen (secondary N) is 1. The first-order chi connectivity index (χ1) is 17.5. The molecule has 4 rings (SSSR count). The van der Waals surface area contributed by atoms with Crippen LogP contribution in [0.25, 0.3) is 0 Å². The average Bonchev–Trinajstić information content (AvgIpc) is 3.40. The highest BCUT2D eigenvalue weighted by Crippen LogP contribution is 2.24. The minimum absolute atomic E-state index is 0.0691. The molecule has 1 N–H and O–H groups in total. The summed E-state index contributed by atoms with van der Waals surface area (Å²) < 4.78 is 0.974. The Morgan fingerprint density at radius 1 is 0.944 bits per heavy atom. The van der Waals surface area contributed by atoms with Crippen LogP contribution >= 0.6 is 39.3 Å². The summed E-state index contributed by atoms with van der Waals surface area (Å²) in [5, 5.41) is 3.91. The van der Waals surface area contributed by atoms with Crippen LogP contribution in [0.3, 0.4) is 0 Å². The number of carbonyl (C=O) groups is 2. The van der Waals surface area contributed by atoms with E-state index in [1.54, 1.807) is 4.90 Å². The van der Waals surface area contributed by atoms with E-state index in [1.165, 1.54) is 11.8 Å². The molecule has 3 aromatic carbocycles. The molecule has 1 aliphatic rings. The lowest BCUT2D eigenvalue weighted by Crippen LogP contribution is -2.52. The summed E-state index contributed by atoms with van der Waals surface area (Å²) in [7, 11) is 0. The van der Waals surface area contributed by atoms with Crippen LogP contribution < -0.4 is 5.32 Å². The number of halogens is 2. The molecule has 36 heavy (non-hydrogen) atoms. The van der Waals surface area contributed by atoms with Crippen molar-refractivity contribution in [3.8, 4) is 0 Å². The van der Waals surface area contributed by atoms with Crippen LogP contribution in [0.4, 0.5) is 0 Å². The Balaban J connectivity index is 1.59. The van der Waals surface area contributed by atoms with Gasteiger partial charge in [-0.2, -0.15) is 0 Å². The number of carbonyl (C=O) groups excluding carboxylic acids is 2. The van der Waals surface area contributed by atoms with Gasteiger partial charge in [-0.15, -0.1) is 11.8 Å². The Kier molecular flexibility index (Phi) is 9.90. The van der Waals surface area contributed by atoms with Crippen molar-refractivity contribution in [2.45, 2.75) is 55.6 Å². The zero-order chi connectivity index (χ0) is 25.3. The molecule has 0 spiro atoms. The zero-order valence-corrected chi connectivity index (χ0v) is 23.2. The second-order valence-electron chi connectivity index (χ2n) is 9.09. The van der Waals surface area contributed by atoms with Gasteiger partial charge in [0, 0.05) is 33.4 Å². The summed E-state index contributed by atoms with van der Waals surface area (Å²) in [6, 6.07) is 24.9. The predicted octanol–water partition coefficient (Wildman–Crippen LogP) is 6.89. The van der Waals surface area contributed by atoms with Gasteiger partial charge in [0.15, 0.2) is 0 Å². The molecule has 0 saturated heterocycles. The minimum atomic E-state index is -0.602. The number of thioether (sulfide) groups is 1. The van der Waals surface area contributed by atoms with E-state index in [0.717, 1.165) is 46.2 Å². The minimum Gasteiger partial charge on any atom is -0.352 e.